The van der Waals surface area contributed by atoms with E-state index in [1.54, 1.807) is 36.7 Å². The van der Waals surface area contributed by atoms with Gasteiger partial charge >= 0.3 is 5.97 Å². The van der Waals surface area contributed by atoms with Gasteiger partial charge in [-0.1, -0.05) is 6.07 Å². The third kappa shape index (κ3) is 3.79. The van der Waals surface area contributed by atoms with E-state index in [9.17, 15) is 9.18 Å². The molecule has 0 spiro atoms. The van der Waals surface area contributed by atoms with Crippen molar-refractivity contribution in [2.75, 3.05) is 7.11 Å². The average molecular weight is 327 g/mol. The number of benzene rings is 1. The summed E-state index contributed by atoms with van der Waals surface area (Å²) in [5.74, 6) is -0.276. The van der Waals surface area contributed by atoms with Crippen molar-refractivity contribution in [3.8, 4) is 5.75 Å². The van der Waals surface area contributed by atoms with Crippen LogP contribution in [0.4, 0.5) is 4.39 Å². The second-order valence-electron chi connectivity index (χ2n) is 5.74. The third-order valence-corrected chi connectivity index (χ3v) is 4.14. The first-order valence-electron chi connectivity index (χ1n) is 7.78. The number of esters is 1. The first kappa shape index (κ1) is 16.2. The molecule has 1 aliphatic rings. The summed E-state index contributed by atoms with van der Waals surface area (Å²) in [6, 6.07) is 8.59. The number of hydrogen-bond acceptors (Lipinski definition) is 4. The molecule has 1 saturated carbocycles. The predicted octanol–water partition coefficient (Wildman–Crippen LogP) is 3.73. The van der Waals surface area contributed by atoms with Crippen LogP contribution < -0.4 is 4.74 Å². The Morgan fingerprint density at radius 3 is 2.67 bits per heavy atom. The van der Waals surface area contributed by atoms with Crippen LogP contribution in [0.15, 0.2) is 48.8 Å². The summed E-state index contributed by atoms with van der Waals surface area (Å²) in [5, 5.41) is 0. The highest BCUT2D eigenvalue weighted by Gasteiger charge is 2.33. The van der Waals surface area contributed by atoms with E-state index in [4.69, 9.17) is 9.47 Å². The second-order valence-corrected chi connectivity index (χ2v) is 5.74. The molecule has 0 amide bonds. The van der Waals surface area contributed by atoms with Gasteiger partial charge in [0.05, 0.1) is 7.11 Å². The van der Waals surface area contributed by atoms with E-state index in [0.717, 1.165) is 11.1 Å². The fourth-order valence-corrected chi connectivity index (χ4v) is 2.71. The van der Waals surface area contributed by atoms with Crippen LogP contribution in [0.5, 0.6) is 5.75 Å². The Balaban J connectivity index is 1.49. The van der Waals surface area contributed by atoms with Gasteiger partial charge < -0.3 is 9.47 Å². The van der Waals surface area contributed by atoms with E-state index in [1.165, 1.54) is 19.3 Å². The maximum Gasteiger partial charge on any atom is 0.331 e. The Kier molecular flexibility index (Phi) is 4.89. The summed E-state index contributed by atoms with van der Waals surface area (Å²) >= 11 is 0. The van der Waals surface area contributed by atoms with Crippen LogP contribution >= 0.6 is 0 Å². The minimum absolute atomic E-state index is 0.116. The molecule has 0 bridgehead atoms. The zero-order valence-corrected chi connectivity index (χ0v) is 13.3. The number of halogens is 1. The number of nitrogens with zero attached hydrogens (tertiary/aromatic N) is 1. The van der Waals surface area contributed by atoms with E-state index in [1.807, 2.05) is 6.07 Å². The topological polar surface area (TPSA) is 48.4 Å². The maximum absolute atomic E-state index is 13.7. The molecule has 0 saturated heterocycles. The van der Waals surface area contributed by atoms with E-state index in [2.05, 4.69) is 4.98 Å². The van der Waals surface area contributed by atoms with Crippen LogP contribution in [0.3, 0.4) is 0 Å². The van der Waals surface area contributed by atoms with Crippen molar-refractivity contribution in [2.24, 2.45) is 0 Å². The quantitative estimate of drug-likeness (QED) is 0.620. The molecule has 4 nitrogen and oxygen atoms in total. The van der Waals surface area contributed by atoms with Crippen molar-refractivity contribution in [3.05, 3.63) is 65.7 Å². The van der Waals surface area contributed by atoms with Gasteiger partial charge in [-0.15, -0.1) is 0 Å². The molecule has 0 N–H and O–H groups in total. The molecule has 1 aromatic heterocycles. The van der Waals surface area contributed by atoms with E-state index >= 15 is 0 Å². The van der Waals surface area contributed by atoms with Gasteiger partial charge in [-0.2, -0.15) is 0 Å². The highest BCUT2D eigenvalue weighted by atomic mass is 19.1. The lowest BCUT2D eigenvalue weighted by atomic mass is 9.77. The van der Waals surface area contributed by atoms with Crippen LogP contribution in [-0.4, -0.2) is 24.2 Å². The molecule has 2 aromatic rings. The summed E-state index contributed by atoms with van der Waals surface area (Å²) in [6.45, 7) is 0. The number of hydrogen-bond donors (Lipinski definition) is 0. The first-order chi connectivity index (χ1) is 11.7. The van der Waals surface area contributed by atoms with Crippen molar-refractivity contribution in [2.45, 2.75) is 24.9 Å². The molecule has 5 heteroatoms. The molecule has 1 aromatic carbocycles. The number of carbonyl (C=O) groups excluding carboxylic acids is 1. The zero-order chi connectivity index (χ0) is 16.9. The second kappa shape index (κ2) is 7.25. The Hall–Kier alpha value is -2.69. The zero-order valence-electron chi connectivity index (χ0n) is 13.3. The Bertz CT molecular complexity index is 740. The van der Waals surface area contributed by atoms with E-state index < -0.39 is 0 Å². The Morgan fingerprint density at radius 1 is 1.25 bits per heavy atom. The number of carbonyl (C=O) groups is 1. The molecule has 1 heterocycles. The molecular weight excluding hydrogens is 309 g/mol. The Morgan fingerprint density at radius 2 is 2.00 bits per heavy atom. The standard InChI is InChI=1S/C19H18FNO3/c1-23-18-4-3-14(12-17(18)20)15-10-16(11-15)24-19(22)5-2-13-6-8-21-9-7-13/h2-9,12,15-16H,10-11H2,1H3/b5-2+. The molecule has 124 valence electrons. The Labute approximate surface area is 139 Å². The third-order valence-electron chi connectivity index (χ3n) is 4.14. The highest BCUT2D eigenvalue weighted by Crippen LogP contribution is 2.39. The fraction of sp³-hybridized carbons (Fsp3) is 0.263. The average Bonchev–Trinajstić information content (AvgIpc) is 2.57. The van der Waals surface area contributed by atoms with Gasteiger partial charge in [0.25, 0.3) is 0 Å². The summed E-state index contributed by atoms with van der Waals surface area (Å²) in [7, 11) is 1.44. The molecule has 1 aliphatic carbocycles. The van der Waals surface area contributed by atoms with Gasteiger partial charge in [0.1, 0.15) is 6.10 Å². The summed E-state index contributed by atoms with van der Waals surface area (Å²) in [4.78, 5) is 15.7. The normalized spacial score (nSPS) is 19.8. The van der Waals surface area contributed by atoms with Crippen molar-refractivity contribution < 1.29 is 18.7 Å². The van der Waals surface area contributed by atoms with Crippen LogP contribution in [-0.2, 0) is 9.53 Å². The van der Waals surface area contributed by atoms with Gasteiger partial charge in [-0.3, -0.25) is 4.98 Å². The van der Waals surface area contributed by atoms with Crippen molar-refractivity contribution in [1.82, 2.24) is 4.98 Å². The number of rotatable bonds is 5. The number of methoxy groups -OCH3 is 1. The summed E-state index contributed by atoms with van der Waals surface area (Å²) in [6.07, 6.45) is 7.73. The van der Waals surface area contributed by atoms with Crippen molar-refractivity contribution in [1.29, 1.82) is 0 Å². The van der Waals surface area contributed by atoms with E-state index in [0.29, 0.717) is 12.8 Å². The smallest absolute Gasteiger partial charge is 0.331 e. The van der Waals surface area contributed by atoms with Gasteiger partial charge in [-0.05, 0) is 60.2 Å². The number of aromatic nitrogens is 1. The molecule has 0 radical (unpaired) electrons. The molecule has 24 heavy (non-hydrogen) atoms. The van der Waals surface area contributed by atoms with Crippen LogP contribution in [0.1, 0.15) is 29.9 Å². The van der Waals surface area contributed by atoms with Gasteiger partial charge in [-0.25, -0.2) is 9.18 Å². The maximum atomic E-state index is 13.7. The molecule has 0 aliphatic heterocycles. The lowest BCUT2D eigenvalue weighted by molar-refractivity contribution is -0.147. The number of pyridine rings is 1. The van der Waals surface area contributed by atoms with Gasteiger partial charge in [0.15, 0.2) is 11.6 Å². The van der Waals surface area contributed by atoms with Gasteiger partial charge in [0.2, 0.25) is 0 Å². The van der Waals surface area contributed by atoms with E-state index in [-0.39, 0.29) is 29.6 Å². The fourth-order valence-electron chi connectivity index (χ4n) is 2.71. The predicted molar refractivity (Wildman–Crippen MR) is 88.1 cm³/mol. The largest absolute Gasteiger partial charge is 0.494 e. The van der Waals surface area contributed by atoms with Crippen LogP contribution in [0.25, 0.3) is 6.08 Å². The molecule has 1 fully saturated rings. The monoisotopic (exact) mass is 327 g/mol. The SMILES string of the molecule is COc1ccc(C2CC(OC(=O)/C=C/c3ccncc3)C2)cc1F. The van der Waals surface area contributed by atoms with Crippen LogP contribution in [0.2, 0.25) is 0 Å². The molecule has 3 rings (SSSR count). The van der Waals surface area contributed by atoms with Crippen molar-refractivity contribution >= 4 is 12.0 Å². The minimum atomic E-state index is -0.365. The summed E-state index contributed by atoms with van der Waals surface area (Å²) in [5.41, 5.74) is 1.80. The lowest BCUT2D eigenvalue weighted by Crippen LogP contribution is -2.31. The van der Waals surface area contributed by atoms with Gasteiger partial charge in [0, 0.05) is 18.5 Å². The highest BCUT2D eigenvalue weighted by molar-refractivity contribution is 5.87. The number of ether oxygens (including phenoxy) is 2. The first-order valence-corrected chi connectivity index (χ1v) is 7.78. The molecule has 0 unspecified atom stereocenters. The summed E-state index contributed by atoms with van der Waals surface area (Å²) < 4.78 is 24.0. The van der Waals surface area contributed by atoms with Crippen LogP contribution in [0, 0.1) is 5.82 Å². The molecule has 0 atom stereocenters. The van der Waals surface area contributed by atoms with Crippen molar-refractivity contribution in [3.63, 3.8) is 0 Å². The lowest BCUT2D eigenvalue weighted by Gasteiger charge is -2.34. The minimum Gasteiger partial charge on any atom is -0.494 e. The molecular formula is C19H18FNO3.